The minimum absolute atomic E-state index is 0.0447. The molecule has 3 N–H and O–H groups in total. The number of rotatable bonds is 39. The first-order valence-corrected chi connectivity index (χ1v) is 22.9. The van der Waals surface area contributed by atoms with E-state index >= 15 is 0 Å². The van der Waals surface area contributed by atoms with Crippen molar-refractivity contribution in [3.05, 3.63) is 72.9 Å². The van der Waals surface area contributed by atoms with Gasteiger partial charge in [0.25, 0.3) is 0 Å². The number of hydrogen-bond acceptors (Lipinski definition) is 8. The summed E-state index contributed by atoms with van der Waals surface area (Å²) in [6, 6.07) is 0. The van der Waals surface area contributed by atoms with Crippen molar-refractivity contribution in [1.29, 1.82) is 0 Å². The van der Waals surface area contributed by atoms with Gasteiger partial charge in [-0.15, -0.1) is 0 Å². The molecular weight excluding hydrogens is 713 g/mol. The summed E-state index contributed by atoms with van der Waals surface area (Å²) in [5.74, 6) is -0.871. The zero-order chi connectivity index (χ0) is 40.3. The topological polar surface area (TPSA) is 134 Å². The quantitative estimate of drug-likeness (QED) is 0.0270. The third-order valence-electron chi connectivity index (χ3n) is 8.58. The number of phosphoric ester groups is 1. The number of unbranched alkanes of at least 4 members (excludes halogenated alkanes) is 14. The lowest BCUT2D eigenvalue weighted by atomic mass is 10.1. The second-order valence-electron chi connectivity index (χ2n) is 13.8. The van der Waals surface area contributed by atoms with Crippen molar-refractivity contribution < 1.29 is 37.6 Å². The molecule has 10 heteroatoms. The van der Waals surface area contributed by atoms with Crippen LogP contribution in [0.25, 0.3) is 0 Å². The number of allylic oxidation sites excluding steroid dienone is 12. The van der Waals surface area contributed by atoms with Crippen LogP contribution in [0.2, 0.25) is 0 Å². The van der Waals surface area contributed by atoms with Crippen LogP contribution in [0, 0.1) is 0 Å². The summed E-state index contributed by atoms with van der Waals surface area (Å²) in [4.78, 5) is 34.9. The Balaban J connectivity index is 4.23. The maximum absolute atomic E-state index is 12.6. The van der Waals surface area contributed by atoms with Gasteiger partial charge in [0.05, 0.1) is 13.2 Å². The normalized spacial score (nSPS) is 14.0. The third-order valence-corrected chi connectivity index (χ3v) is 9.56. The number of carbonyl (C=O) groups is 2. The Kier molecular flexibility index (Phi) is 39.2. The molecule has 316 valence electrons. The van der Waals surface area contributed by atoms with E-state index in [1.165, 1.54) is 44.9 Å². The molecule has 0 aromatic rings. The average molecular weight is 792 g/mol. The third kappa shape index (κ3) is 40.9. The molecule has 55 heavy (non-hydrogen) atoms. The Hall–Kier alpha value is -2.55. The highest BCUT2D eigenvalue weighted by Gasteiger charge is 2.26. The number of phosphoric acid groups is 1. The summed E-state index contributed by atoms with van der Waals surface area (Å²) in [7, 11) is -4.39. The van der Waals surface area contributed by atoms with Crippen LogP contribution in [-0.2, 0) is 32.7 Å². The molecule has 0 heterocycles. The second kappa shape index (κ2) is 41.1. The first-order chi connectivity index (χ1) is 26.8. The summed E-state index contributed by atoms with van der Waals surface area (Å²) in [5.41, 5.74) is 5.34. The van der Waals surface area contributed by atoms with Crippen LogP contribution in [0.4, 0.5) is 0 Å². The minimum atomic E-state index is -4.39. The van der Waals surface area contributed by atoms with Crippen molar-refractivity contribution in [2.24, 2.45) is 5.73 Å². The highest BCUT2D eigenvalue weighted by molar-refractivity contribution is 7.47. The fourth-order valence-electron chi connectivity index (χ4n) is 5.42. The van der Waals surface area contributed by atoms with Gasteiger partial charge in [-0.1, -0.05) is 145 Å². The molecule has 0 rings (SSSR count). The van der Waals surface area contributed by atoms with E-state index in [9.17, 15) is 19.0 Å². The Labute approximate surface area is 335 Å². The van der Waals surface area contributed by atoms with Crippen LogP contribution in [0.15, 0.2) is 72.9 Å². The van der Waals surface area contributed by atoms with Gasteiger partial charge >= 0.3 is 19.8 Å². The highest BCUT2D eigenvalue weighted by Crippen LogP contribution is 2.43. The maximum Gasteiger partial charge on any atom is 0.472 e. The number of hydrogen-bond donors (Lipinski definition) is 2. The average Bonchev–Trinajstić information content (AvgIpc) is 3.17. The molecule has 0 amide bonds. The summed E-state index contributed by atoms with van der Waals surface area (Å²) in [6.07, 6.45) is 49.2. The molecule has 0 spiro atoms. The Bertz CT molecular complexity index is 1130. The monoisotopic (exact) mass is 792 g/mol. The molecule has 0 bridgehead atoms. The molecule has 0 aromatic heterocycles. The molecule has 2 unspecified atom stereocenters. The first kappa shape index (κ1) is 52.5. The molecule has 0 radical (unpaired) electrons. The van der Waals surface area contributed by atoms with Crippen LogP contribution in [0.3, 0.4) is 0 Å². The van der Waals surface area contributed by atoms with Gasteiger partial charge in [-0.05, 0) is 83.5 Å². The molecule has 9 nitrogen and oxygen atoms in total. The SMILES string of the molecule is CCC=CCC=CCC=CCC=CCCCCCCC(=O)OCC(COP(=O)(O)OCCN)OC(=O)CCCCCCCCCC=CCC=CCCCCC. The molecular formula is C45H78NO8P. The second-order valence-corrected chi connectivity index (χ2v) is 15.3. The van der Waals surface area contributed by atoms with Gasteiger partial charge in [0.2, 0.25) is 0 Å². The van der Waals surface area contributed by atoms with E-state index in [2.05, 4.69) is 86.8 Å². The van der Waals surface area contributed by atoms with Crippen LogP contribution in [0.1, 0.15) is 168 Å². The van der Waals surface area contributed by atoms with Crippen molar-refractivity contribution in [3.8, 4) is 0 Å². The Morgan fingerprint density at radius 1 is 0.564 bits per heavy atom. The highest BCUT2D eigenvalue weighted by atomic mass is 31.2. The molecule has 0 saturated heterocycles. The lowest BCUT2D eigenvalue weighted by molar-refractivity contribution is -0.161. The molecule has 0 aliphatic rings. The fourth-order valence-corrected chi connectivity index (χ4v) is 6.18. The van der Waals surface area contributed by atoms with Crippen LogP contribution < -0.4 is 5.73 Å². The van der Waals surface area contributed by atoms with E-state index in [-0.39, 0.29) is 32.6 Å². The zero-order valence-electron chi connectivity index (χ0n) is 34.6. The molecule has 0 fully saturated rings. The van der Waals surface area contributed by atoms with E-state index < -0.39 is 32.5 Å². The van der Waals surface area contributed by atoms with Gasteiger partial charge < -0.3 is 20.1 Å². The van der Waals surface area contributed by atoms with E-state index in [1.54, 1.807) is 0 Å². The number of esters is 2. The van der Waals surface area contributed by atoms with Gasteiger partial charge in [-0.2, -0.15) is 0 Å². The lowest BCUT2D eigenvalue weighted by Crippen LogP contribution is -2.29. The minimum Gasteiger partial charge on any atom is -0.462 e. The Morgan fingerprint density at radius 3 is 1.49 bits per heavy atom. The number of ether oxygens (including phenoxy) is 2. The zero-order valence-corrected chi connectivity index (χ0v) is 35.5. The van der Waals surface area contributed by atoms with Crippen LogP contribution >= 0.6 is 7.82 Å². The van der Waals surface area contributed by atoms with Crippen LogP contribution in [0.5, 0.6) is 0 Å². The summed E-state index contributed by atoms with van der Waals surface area (Å²) < 4.78 is 32.7. The summed E-state index contributed by atoms with van der Waals surface area (Å²) in [6.45, 7) is 3.54. The van der Waals surface area contributed by atoms with Gasteiger partial charge in [0.15, 0.2) is 6.10 Å². The molecule has 2 atom stereocenters. The van der Waals surface area contributed by atoms with Gasteiger partial charge in [0.1, 0.15) is 6.61 Å². The smallest absolute Gasteiger partial charge is 0.462 e. The van der Waals surface area contributed by atoms with E-state index in [1.807, 2.05) is 0 Å². The van der Waals surface area contributed by atoms with E-state index in [4.69, 9.17) is 24.3 Å². The number of carbonyl (C=O) groups excluding carboxylic acids is 2. The van der Waals surface area contributed by atoms with E-state index in [0.717, 1.165) is 83.5 Å². The summed E-state index contributed by atoms with van der Waals surface area (Å²) >= 11 is 0. The van der Waals surface area contributed by atoms with E-state index in [0.29, 0.717) is 12.8 Å². The molecule has 0 aliphatic carbocycles. The summed E-state index contributed by atoms with van der Waals surface area (Å²) in [5, 5.41) is 0. The van der Waals surface area contributed by atoms with Gasteiger partial charge in [-0.3, -0.25) is 18.6 Å². The van der Waals surface area contributed by atoms with Crippen molar-refractivity contribution in [2.75, 3.05) is 26.4 Å². The maximum atomic E-state index is 12.6. The largest absolute Gasteiger partial charge is 0.472 e. The lowest BCUT2D eigenvalue weighted by Gasteiger charge is -2.19. The first-order valence-electron chi connectivity index (χ1n) is 21.4. The van der Waals surface area contributed by atoms with Crippen molar-refractivity contribution in [1.82, 2.24) is 0 Å². The van der Waals surface area contributed by atoms with Crippen molar-refractivity contribution >= 4 is 19.8 Å². The van der Waals surface area contributed by atoms with Gasteiger partial charge in [0, 0.05) is 19.4 Å². The fraction of sp³-hybridized carbons (Fsp3) is 0.689. The predicted molar refractivity (Wildman–Crippen MR) is 229 cm³/mol. The van der Waals surface area contributed by atoms with Crippen molar-refractivity contribution in [2.45, 2.75) is 174 Å². The molecule has 0 aromatic carbocycles. The predicted octanol–water partition coefficient (Wildman–Crippen LogP) is 12.3. The number of nitrogens with two attached hydrogens (primary N) is 1. The molecule has 0 saturated carbocycles. The standard InChI is InChI=1S/C45H78NO8P/c1-3-5-7-9-11-13-15-17-19-21-23-25-27-29-31-33-35-37-44(47)51-41-43(42-53-55(49,50)52-40-39-46)54-45(48)38-36-34-32-30-28-26-24-22-20-18-16-14-12-10-8-6-4-2/h5,7,11-14,17-20,23,25,43H,3-4,6,8-10,15-16,21-22,24,26-42,46H2,1-2H3,(H,49,50). The van der Waals surface area contributed by atoms with Crippen molar-refractivity contribution in [3.63, 3.8) is 0 Å². The van der Waals surface area contributed by atoms with Gasteiger partial charge in [-0.25, -0.2) is 4.57 Å². The van der Waals surface area contributed by atoms with Crippen LogP contribution in [-0.4, -0.2) is 49.3 Å². The molecule has 0 aliphatic heterocycles. The Morgan fingerprint density at radius 2 is 1.00 bits per heavy atom.